The molecule has 1 aliphatic heterocycles. The van der Waals surface area contributed by atoms with Gasteiger partial charge in [0.2, 0.25) is 0 Å². The van der Waals surface area contributed by atoms with Crippen LogP contribution in [0.25, 0.3) is 0 Å². The van der Waals surface area contributed by atoms with Crippen LogP contribution in [0.2, 0.25) is 0 Å². The van der Waals surface area contributed by atoms with E-state index in [1.165, 1.54) is 0 Å². The maximum atomic E-state index is 11.0. The van der Waals surface area contributed by atoms with E-state index in [2.05, 4.69) is 4.90 Å². The van der Waals surface area contributed by atoms with Crippen LogP contribution in [0.3, 0.4) is 0 Å². The van der Waals surface area contributed by atoms with Gasteiger partial charge in [-0.3, -0.25) is 10.1 Å². The number of nitrogens with two attached hydrogens (primary N) is 1. The van der Waals surface area contributed by atoms with Gasteiger partial charge < -0.3 is 10.6 Å². The van der Waals surface area contributed by atoms with Gasteiger partial charge >= 0.3 is 0 Å². The molecule has 1 saturated heterocycles. The number of benzene rings is 1. The first-order valence-electron chi connectivity index (χ1n) is 6.38. The number of rotatable bonds is 4. The van der Waals surface area contributed by atoms with Crippen LogP contribution in [0.1, 0.15) is 24.3 Å². The third kappa shape index (κ3) is 2.86. The Balaban J connectivity index is 2.07. The van der Waals surface area contributed by atoms with E-state index >= 15 is 0 Å². The second-order valence-electron chi connectivity index (χ2n) is 4.72. The van der Waals surface area contributed by atoms with Crippen molar-refractivity contribution < 1.29 is 4.92 Å². The standard InChI is InChI=1S/C13H19N3O2/c14-7-10-15-8-5-11(6-9-15)12-3-1-2-4-13(12)16(17)18/h1-4,11H,5-10,14H2. The molecule has 0 bridgehead atoms. The first kappa shape index (κ1) is 13.0. The maximum absolute atomic E-state index is 11.0. The lowest BCUT2D eigenvalue weighted by Crippen LogP contribution is -2.36. The molecule has 0 aromatic heterocycles. The van der Waals surface area contributed by atoms with E-state index in [-0.39, 0.29) is 10.6 Å². The summed E-state index contributed by atoms with van der Waals surface area (Å²) in [6, 6.07) is 7.10. The Morgan fingerprint density at radius 2 is 2.00 bits per heavy atom. The Hall–Kier alpha value is -1.46. The molecule has 1 aromatic carbocycles. The first-order chi connectivity index (χ1) is 8.72. The quantitative estimate of drug-likeness (QED) is 0.651. The number of nitro benzene ring substituents is 1. The molecule has 98 valence electrons. The molecule has 0 amide bonds. The number of nitrogens with zero attached hydrogens (tertiary/aromatic N) is 2. The summed E-state index contributed by atoms with van der Waals surface area (Å²) < 4.78 is 0. The Morgan fingerprint density at radius 3 is 2.61 bits per heavy atom. The van der Waals surface area contributed by atoms with E-state index in [0.29, 0.717) is 12.5 Å². The molecule has 18 heavy (non-hydrogen) atoms. The maximum Gasteiger partial charge on any atom is 0.272 e. The molecule has 1 aromatic rings. The molecule has 1 fully saturated rings. The third-order valence-electron chi connectivity index (χ3n) is 3.61. The fourth-order valence-electron chi connectivity index (χ4n) is 2.65. The Labute approximate surface area is 107 Å². The molecule has 1 aliphatic rings. The SMILES string of the molecule is NCCN1CCC(c2ccccc2[N+](=O)[O-])CC1. The minimum absolute atomic E-state index is 0.259. The van der Waals surface area contributed by atoms with E-state index in [1.807, 2.05) is 12.1 Å². The highest BCUT2D eigenvalue weighted by atomic mass is 16.6. The second-order valence-corrected chi connectivity index (χ2v) is 4.72. The highest BCUT2D eigenvalue weighted by Crippen LogP contribution is 2.33. The lowest BCUT2D eigenvalue weighted by molar-refractivity contribution is -0.385. The van der Waals surface area contributed by atoms with Crippen molar-refractivity contribution in [3.05, 3.63) is 39.9 Å². The molecule has 0 aliphatic carbocycles. The molecule has 2 rings (SSSR count). The van der Waals surface area contributed by atoms with Crippen molar-refractivity contribution in [2.45, 2.75) is 18.8 Å². The monoisotopic (exact) mass is 249 g/mol. The molecule has 2 N–H and O–H groups in total. The smallest absolute Gasteiger partial charge is 0.272 e. The molecule has 5 nitrogen and oxygen atoms in total. The Bertz CT molecular complexity index is 414. The van der Waals surface area contributed by atoms with E-state index in [0.717, 1.165) is 38.0 Å². The number of hydrogen-bond acceptors (Lipinski definition) is 4. The van der Waals surface area contributed by atoms with Crippen LogP contribution in [0.15, 0.2) is 24.3 Å². The van der Waals surface area contributed by atoms with Crippen molar-refractivity contribution in [3.63, 3.8) is 0 Å². The van der Waals surface area contributed by atoms with Gasteiger partial charge in [-0.2, -0.15) is 0 Å². The zero-order valence-corrected chi connectivity index (χ0v) is 10.4. The van der Waals surface area contributed by atoms with Crippen molar-refractivity contribution in [2.75, 3.05) is 26.2 Å². The van der Waals surface area contributed by atoms with E-state index in [4.69, 9.17) is 5.73 Å². The predicted molar refractivity (Wildman–Crippen MR) is 70.6 cm³/mol. The minimum atomic E-state index is -0.276. The van der Waals surface area contributed by atoms with Gasteiger partial charge in [0.1, 0.15) is 0 Å². The van der Waals surface area contributed by atoms with Gasteiger partial charge in [0.15, 0.2) is 0 Å². The average molecular weight is 249 g/mol. The summed E-state index contributed by atoms with van der Waals surface area (Å²) in [5, 5.41) is 11.0. The number of para-hydroxylation sites is 1. The Morgan fingerprint density at radius 1 is 1.33 bits per heavy atom. The summed E-state index contributed by atoms with van der Waals surface area (Å²) in [5.74, 6) is 0.306. The molecule has 1 heterocycles. The van der Waals surface area contributed by atoms with Crippen LogP contribution in [0.4, 0.5) is 5.69 Å². The van der Waals surface area contributed by atoms with Crippen molar-refractivity contribution in [1.29, 1.82) is 0 Å². The molecular weight excluding hydrogens is 230 g/mol. The first-order valence-corrected chi connectivity index (χ1v) is 6.38. The summed E-state index contributed by atoms with van der Waals surface area (Å²) in [5.41, 5.74) is 6.68. The van der Waals surface area contributed by atoms with Gasteiger partial charge in [-0.25, -0.2) is 0 Å². The summed E-state index contributed by atoms with van der Waals surface area (Å²) in [7, 11) is 0. The largest absolute Gasteiger partial charge is 0.329 e. The van der Waals surface area contributed by atoms with Gasteiger partial charge in [0.05, 0.1) is 4.92 Å². The predicted octanol–water partition coefficient (Wildman–Crippen LogP) is 1.73. The van der Waals surface area contributed by atoms with Gasteiger partial charge in [0, 0.05) is 24.7 Å². The fourth-order valence-corrected chi connectivity index (χ4v) is 2.65. The van der Waals surface area contributed by atoms with Gasteiger partial charge in [-0.05, 0) is 31.8 Å². The van der Waals surface area contributed by atoms with E-state index in [1.54, 1.807) is 12.1 Å². The highest BCUT2D eigenvalue weighted by molar-refractivity contribution is 5.42. The average Bonchev–Trinajstić information content (AvgIpc) is 2.40. The number of likely N-dealkylation sites (tertiary alicyclic amines) is 1. The van der Waals surface area contributed by atoms with Gasteiger partial charge in [-0.1, -0.05) is 18.2 Å². The molecule has 0 saturated carbocycles. The summed E-state index contributed by atoms with van der Waals surface area (Å²) in [6.07, 6.45) is 1.95. The van der Waals surface area contributed by atoms with Gasteiger partial charge in [0.25, 0.3) is 5.69 Å². The van der Waals surface area contributed by atoms with E-state index in [9.17, 15) is 10.1 Å². The number of nitro groups is 1. The lowest BCUT2D eigenvalue weighted by Gasteiger charge is -2.31. The van der Waals surface area contributed by atoms with Crippen LogP contribution in [0.5, 0.6) is 0 Å². The van der Waals surface area contributed by atoms with Gasteiger partial charge in [-0.15, -0.1) is 0 Å². The van der Waals surface area contributed by atoms with Crippen LogP contribution in [-0.4, -0.2) is 36.0 Å². The molecule has 0 unspecified atom stereocenters. The fraction of sp³-hybridized carbons (Fsp3) is 0.538. The topological polar surface area (TPSA) is 72.4 Å². The van der Waals surface area contributed by atoms with Crippen LogP contribution >= 0.6 is 0 Å². The highest BCUT2D eigenvalue weighted by Gasteiger charge is 2.25. The molecule has 0 spiro atoms. The lowest BCUT2D eigenvalue weighted by atomic mass is 9.88. The van der Waals surface area contributed by atoms with Crippen molar-refractivity contribution >= 4 is 5.69 Å². The number of hydrogen-bond donors (Lipinski definition) is 1. The summed E-state index contributed by atoms with van der Waals surface area (Å²) >= 11 is 0. The zero-order chi connectivity index (χ0) is 13.0. The molecule has 5 heteroatoms. The third-order valence-corrected chi connectivity index (χ3v) is 3.61. The van der Waals surface area contributed by atoms with Crippen molar-refractivity contribution in [3.8, 4) is 0 Å². The second kappa shape index (κ2) is 5.93. The normalized spacial score (nSPS) is 17.8. The van der Waals surface area contributed by atoms with Crippen LogP contribution in [-0.2, 0) is 0 Å². The van der Waals surface area contributed by atoms with E-state index < -0.39 is 0 Å². The molecule has 0 radical (unpaired) electrons. The van der Waals surface area contributed by atoms with Crippen molar-refractivity contribution in [2.24, 2.45) is 5.73 Å². The zero-order valence-electron chi connectivity index (χ0n) is 10.4. The van der Waals surface area contributed by atoms with Crippen LogP contribution < -0.4 is 5.73 Å². The van der Waals surface area contributed by atoms with Crippen LogP contribution in [0, 0.1) is 10.1 Å². The molecule has 0 atom stereocenters. The molecular formula is C13H19N3O2. The minimum Gasteiger partial charge on any atom is -0.329 e. The Kier molecular flexibility index (Phi) is 4.28. The number of piperidine rings is 1. The summed E-state index contributed by atoms with van der Waals surface area (Å²) in [6.45, 7) is 3.56. The summed E-state index contributed by atoms with van der Waals surface area (Å²) in [4.78, 5) is 13.1. The van der Waals surface area contributed by atoms with Crippen molar-refractivity contribution in [1.82, 2.24) is 4.90 Å².